The molecule has 2 unspecified atom stereocenters. The van der Waals surface area contributed by atoms with Crippen LogP contribution in [-0.4, -0.2) is 70.8 Å². The molecule has 7 atom stereocenters. The first kappa shape index (κ1) is 29.3. The summed E-state index contributed by atoms with van der Waals surface area (Å²) in [5, 5.41) is 11.0. The number of fused-ring (bicyclic) bond motifs is 1. The summed E-state index contributed by atoms with van der Waals surface area (Å²) in [6.07, 6.45) is 5.40. The molecule has 4 rings (SSSR count). The number of carbonyl (C=O) groups excluding carboxylic acids is 3. The number of nitrogens with zero attached hydrogens (tertiary/aromatic N) is 2. The van der Waals surface area contributed by atoms with E-state index in [1.165, 1.54) is 4.90 Å². The van der Waals surface area contributed by atoms with Gasteiger partial charge in [-0.1, -0.05) is 44.0 Å². The van der Waals surface area contributed by atoms with Crippen LogP contribution < -0.4 is 4.90 Å². The standard InChI is InChI=1S/C30H39ClN2O6/c1-6-9-17-38-28(37)24-23-26(35)33(22(18-34)19(4)8-3)25(30(23)15-14-29(24,5)39-30)27(36)32(16-7-2)21-12-10-20(31)11-13-21/h6-7,10-13,19,22-25,34H,1-2,8-9,14-18H2,3-5H3/t19-,22-,23-,24-,25?,29+,30?/m0/s1. The molecule has 0 radical (unpaired) electrons. The molecule has 0 saturated carbocycles. The Morgan fingerprint density at radius 2 is 1.97 bits per heavy atom. The first-order valence-electron chi connectivity index (χ1n) is 13.7. The molecule has 3 fully saturated rings. The molecular formula is C30H39ClN2O6. The van der Waals surface area contributed by atoms with E-state index in [1.807, 2.05) is 20.8 Å². The highest BCUT2D eigenvalue weighted by molar-refractivity contribution is 6.30. The van der Waals surface area contributed by atoms with Gasteiger partial charge in [-0.2, -0.15) is 0 Å². The lowest BCUT2D eigenvalue weighted by atomic mass is 9.66. The lowest BCUT2D eigenvalue weighted by Crippen LogP contribution is -2.60. The Balaban J connectivity index is 1.83. The van der Waals surface area contributed by atoms with E-state index in [0.717, 1.165) is 0 Å². The van der Waals surface area contributed by atoms with Crippen LogP contribution in [0.2, 0.25) is 5.02 Å². The number of anilines is 1. The minimum atomic E-state index is -1.22. The second kappa shape index (κ2) is 11.4. The summed E-state index contributed by atoms with van der Waals surface area (Å²) in [6.45, 7) is 13.3. The number of likely N-dealkylation sites (tertiary alicyclic amines) is 1. The number of ether oxygens (including phenoxy) is 2. The molecule has 1 spiro atoms. The maximum absolute atomic E-state index is 14.6. The third kappa shape index (κ3) is 4.81. The Bertz CT molecular complexity index is 1120. The molecule has 8 nitrogen and oxygen atoms in total. The maximum atomic E-state index is 14.6. The summed E-state index contributed by atoms with van der Waals surface area (Å²) in [4.78, 5) is 45.4. The average Bonchev–Trinajstić information content (AvgIpc) is 3.49. The van der Waals surface area contributed by atoms with Crippen molar-refractivity contribution in [3.63, 3.8) is 0 Å². The van der Waals surface area contributed by atoms with Gasteiger partial charge in [0.2, 0.25) is 5.91 Å². The van der Waals surface area contributed by atoms with E-state index in [0.29, 0.717) is 36.4 Å². The van der Waals surface area contributed by atoms with Crippen LogP contribution in [0.3, 0.4) is 0 Å². The van der Waals surface area contributed by atoms with Crippen LogP contribution in [-0.2, 0) is 23.9 Å². The molecule has 3 heterocycles. The summed E-state index contributed by atoms with van der Waals surface area (Å²) in [6, 6.07) is 5.22. The van der Waals surface area contributed by atoms with Gasteiger partial charge in [0.1, 0.15) is 17.6 Å². The SMILES string of the molecule is C=CCCOC(=O)[C@@H]1[C@H]2C(=O)N([C@@H](CO)[C@@H](C)CC)C(C(=O)N(CC=C)c3ccc(Cl)cc3)C23CC[C@@]1(C)O3. The first-order valence-corrected chi connectivity index (χ1v) is 14.1. The van der Waals surface area contributed by atoms with Crippen molar-refractivity contribution in [2.24, 2.45) is 17.8 Å². The van der Waals surface area contributed by atoms with E-state index in [9.17, 15) is 19.5 Å². The molecule has 0 aromatic heterocycles. The average molecular weight is 559 g/mol. The van der Waals surface area contributed by atoms with Crippen molar-refractivity contribution in [1.82, 2.24) is 4.90 Å². The smallest absolute Gasteiger partial charge is 0.312 e. The van der Waals surface area contributed by atoms with Crippen LogP contribution in [0.1, 0.15) is 46.5 Å². The lowest BCUT2D eigenvalue weighted by molar-refractivity contribution is -0.160. The zero-order chi connectivity index (χ0) is 28.5. The number of amides is 2. The van der Waals surface area contributed by atoms with Gasteiger partial charge in [0, 0.05) is 17.3 Å². The summed E-state index contributed by atoms with van der Waals surface area (Å²) in [7, 11) is 0. The molecule has 3 aliphatic heterocycles. The Morgan fingerprint density at radius 1 is 1.28 bits per heavy atom. The fourth-order valence-corrected chi connectivity index (χ4v) is 6.85. The second-order valence-corrected chi connectivity index (χ2v) is 11.5. The summed E-state index contributed by atoms with van der Waals surface area (Å²) < 4.78 is 12.2. The van der Waals surface area contributed by atoms with Crippen LogP contribution in [0.5, 0.6) is 0 Å². The molecule has 2 bridgehead atoms. The van der Waals surface area contributed by atoms with E-state index in [1.54, 1.807) is 41.3 Å². The van der Waals surface area contributed by atoms with Crippen molar-refractivity contribution in [2.45, 2.75) is 69.7 Å². The number of esters is 1. The van der Waals surface area contributed by atoms with Crippen LogP contribution in [0.4, 0.5) is 5.69 Å². The number of benzene rings is 1. The molecule has 1 N–H and O–H groups in total. The first-order chi connectivity index (χ1) is 18.6. The summed E-state index contributed by atoms with van der Waals surface area (Å²) in [5.41, 5.74) is -1.57. The predicted molar refractivity (Wildman–Crippen MR) is 149 cm³/mol. The van der Waals surface area contributed by atoms with E-state index in [-0.39, 0.29) is 37.5 Å². The Labute approximate surface area is 235 Å². The van der Waals surface area contributed by atoms with Crippen LogP contribution in [0.25, 0.3) is 0 Å². The highest BCUT2D eigenvalue weighted by Crippen LogP contribution is 2.64. The Hall–Kier alpha value is -2.68. The maximum Gasteiger partial charge on any atom is 0.312 e. The number of carbonyl (C=O) groups is 3. The number of hydrogen-bond donors (Lipinski definition) is 1. The quantitative estimate of drug-likeness (QED) is 0.235. The fraction of sp³-hybridized carbons (Fsp3) is 0.567. The third-order valence-electron chi connectivity index (χ3n) is 8.83. The highest BCUT2D eigenvalue weighted by Gasteiger charge is 2.79. The van der Waals surface area contributed by atoms with Crippen molar-refractivity contribution < 1.29 is 29.0 Å². The molecule has 1 aromatic carbocycles. The van der Waals surface area contributed by atoms with Gasteiger partial charge in [-0.3, -0.25) is 14.4 Å². The summed E-state index contributed by atoms with van der Waals surface area (Å²) in [5.74, 6) is -3.05. The monoisotopic (exact) mass is 558 g/mol. The molecule has 9 heteroatoms. The van der Waals surface area contributed by atoms with Gasteiger partial charge >= 0.3 is 5.97 Å². The summed E-state index contributed by atoms with van der Waals surface area (Å²) >= 11 is 6.11. The van der Waals surface area contributed by atoms with Gasteiger partial charge in [0.25, 0.3) is 5.91 Å². The molecular weight excluding hydrogens is 520 g/mol. The topological polar surface area (TPSA) is 96.4 Å². The number of rotatable bonds is 12. The minimum Gasteiger partial charge on any atom is -0.465 e. The van der Waals surface area contributed by atoms with Crippen LogP contribution in [0.15, 0.2) is 49.6 Å². The van der Waals surface area contributed by atoms with Gasteiger partial charge in [0.15, 0.2) is 0 Å². The van der Waals surface area contributed by atoms with Crippen molar-refractivity contribution >= 4 is 35.1 Å². The largest absolute Gasteiger partial charge is 0.465 e. The van der Waals surface area contributed by atoms with Crippen LogP contribution >= 0.6 is 11.6 Å². The fourth-order valence-electron chi connectivity index (χ4n) is 6.73. The van der Waals surface area contributed by atoms with E-state index in [4.69, 9.17) is 21.1 Å². The Kier molecular flexibility index (Phi) is 8.59. The number of aliphatic hydroxyl groups is 1. The molecule has 212 valence electrons. The highest BCUT2D eigenvalue weighted by atomic mass is 35.5. The number of hydrogen-bond acceptors (Lipinski definition) is 6. The molecule has 2 amide bonds. The van der Waals surface area contributed by atoms with E-state index < -0.39 is 41.1 Å². The number of halogens is 1. The molecule has 1 aromatic rings. The van der Waals surface area contributed by atoms with Gasteiger partial charge in [-0.25, -0.2) is 0 Å². The van der Waals surface area contributed by atoms with Gasteiger partial charge in [0.05, 0.1) is 30.8 Å². The van der Waals surface area contributed by atoms with Crippen molar-refractivity contribution in [1.29, 1.82) is 0 Å². The molecule has 0 aliphatic carbocycles. The van der Waals surface area contributed by atoms with Gasteiger partial charge in [-0.15, -0.1) is 13.2 Å². The Morgan fingerprint density at radius 3 is 2.56 bits per heavy atom. The molecule has 39 heavy (non-hydrogen) atoms. The van der Waals surface area contributed by atoms with E-state index >= 15 is 0 Å². The second-order valence-electron chi connectivity index (χ2n) is 11.1. The zero-order valence-electron chi connectivity index (χ0n) is 23.0. The molecule has 3 aliphatic rings. The van der Waals surface area contributed by atoms with Crippen molar-refractivity contribution in [3.05, 3.63) is 54.6 Å². The number of aliphatic hydroxyl groups excluding tert-OH is 1. The van der Waals surface area contributed by atoms with Gasteiger partial charge in [-0.05, 0) is 56.4 Å². The van der Waals surface area contributed by atoms with Gasteiger partial charge < -0.3 is 24.4 Å². The molecule has 3 saturated heterocycles. The minimum absolute atomic E-state index is 0.0985. The van der Waals surface area contributed by atoms with Crippen LogP contribution in [0, 0.1) is 17.8 Å². The van der Waals surface area contributed by atoms with E-state index in [2.05, 4.69) is 13.2 Å². The third-order valence-corrected chi connectivity index (χ3v) is 9.08. The normalized spacial score (nSPS) is 30.5. The lowest BCUT2D eigenvalue weighted by Gasteiger charge is -2.41. The van der Waals surface area contributed by atoms with Crippen molar-refractivity contribution in [3.8, 4) is 0 Å². The zero-order valence-corrected chi connectivity index (χ0v) is 23.7. The van der Waals surface area contributed by atoms with Crippen molar-refractivity contribution in [2.75, 3.05) is 24.7 Å². The predicted octanol–water partition coefficient (Wildman–Crippen LogP) is 4.15.